The van der Waals surface area contributed by atoms with E-state index >= 15 is 0 Å². The third-order valence-corrected chi connectivity index (χ3v) is 6.98. The summed E-state index contributed by atoms with van der Waals surface area (Å²) in [6.07, 6.45) is 2.81. The van der Waals surface area contributed by atoms with Crippen LogP contribution in [-0.4, -0.2) is 93.5 Å². The lowest BCUT2D eigenvalue weighted by Gasteiger charge is -2.35. The first-order chi connectivity index (χ1) is 11.8. The lowest BCUT2D eigenvalue weighted by atomic mass is 10.3. The summed E-state index contributed by atoms with van der Waals surface area (Å²) < 4.78 is 0. The fourth-order valence-corrected chi connectivity index (χ4v) is 4.74. The quantitative estimate of drug-likeness (QED) is 0.619. The summed E-state index contributed by atoms with van der Waals surface area (Å²) in [7, 11) is -0.903. The molecule has 0 unspecified atom stereocenters. The monoisotopic (exact) mass is 368 g/mol. The van der Waals surface area contributed by atoms with Crippen LogP contribution in [0.4, 0.5) is 0 Å². The predicted octanol–water partition coefficient (Wildman–Crippen LogP) is 1.07. The summed E-state index contributed by atoms with van der Waals surface area (Å²) in [6.45, 7) is 15.6. The van der Waals surface area contributed by atoms with Crippen LogP contribution in [0.5, 0.6) is 0 Å². The standard InChI is InChI=1S/C18H36N4O2Si/c1-25(2,3)15-5-8-20-11-13-21(14-12-20)10-7-19-17(23)16-22-9-4-6-18(22)24/h4-16H2,1-3H3,(H,19,23). The normalized spacial score (nSPS) is 20.3. The fourth-order valence-electron chi connectivity index (χ4n) is 3.52. The molecule has 0 bridgehead atoms. The minimum atomic E-state index is -0.903. The van der Waals surface area contributed by atoms with Crippen LogP contribution < -0.4 is 5.32 Å². The van der Waals surface area contributed by atoms with Gasteiger partial charge in [-0.1, -0.05) is 25.7 Å². The van der Waals surface area contributed by atoms with E-state index in [1.165, 1.54) is 19.0 Å². The topological polar surface area (TPSA) is 55.9 Å². The summed E-state index contributed by atoms with van der Waals surface area (Å²) >= 11 is 0. The number of hydrogen-bond donors (Lipinski definition) is 1. The molecule has 7 heteroatoms. The molecule has 2 amide bonds. The Hall–Kier alpha value is -0.923. The highest BCUT2D eigenvalue weighted by Gasteiger charge is 2.22. The number of nitrogens with zero attached hydrogens (tertiary/aromatic N) is 3. The number of carbonyl (C=O) groups excluding carboxylic acids is 2. The van der Waals surface area contributed by atoms with Gasteiger partial charge in [-0.15, -0.1) is 0 Å². The second-order valence-electron chi connectivity index (χ2n) is 8.62. The molecule has 2 saturated heterocycles. The molecule has 0 spiro atoms. The molecular weight excluding hydrogens is 332 g/mol. The van der Waals surface area contributed by atoms with E-state index in [1.54, 1.807) is 4.90 Å². The second kappa shape index (κ2) is 9.69. The molecule has 0 aliphatic carbocycles. The van der Waals surface area contributed by atoms with Crippen molar-refractivity contribution in [2.24, 2.45) is 0 Å². The number of piperazine rings is 1. The van der Waals surface area contributed by atoms with Crippen LogP contribution >= 0.6 is 0 Å². The zero-order valence-corrected chi connectivity index (χ0v) is 17.4. The van der Waals surface area contributed by atoms with Crippen molar-refractivity contribution in [3.8, 4) is 0 Å². The van der Waals surface area contributed by atoms with E-state index in [4.69, 9.17) is 0 Å². The number of hydrogen-bond acceptors (Lipinski definition) is 4. The largest absolute Gasteiger partial charge is 0.353 e. The predicted molar refractivity (Wildman–Crippen MR) is 104 cm³/mol. The zero-order valence-electron chi connectivity index (χ0n) is 16.4. The lowest BCUT2D eigenvalue weighted by Crippen LogP contribution is -2.49. The van der Waals surface area contributed by atoms with Crippen LogP contribution in [0.1, 0.15) is 19.3 Å². The molecule has 0 atom stereocenters. The Morgan fingerprint density at radius 3 is 2.24 bits per heavy atom. The van der Waals surface area contributed by atoms with E-state index < -0.39 is 8.07 Å². The lowest BCUT2D eigenvalue weighted by molar-refractivity contribution is -0.133. The number of carbonyl (C=O) groups is 2. The first-order valence-corrected chi connectivity index (χ1v) is 13.5. The zero-order chi connectivity index (χ0) is 18.3. The van der Waals surface area contributed by atoms with Gasteiger partial charge in [-0.05, 0) is 19.4 Å². The van der Waals surface area contributed by atoms with Gasteiger partial charge in [-0.3, -0.25) is 14.5 Å². The number of amides is 2. The minimum absolute atomic E-state index is 0.0276. The van der Waals surface area contributed by atoms with Crippen LogP contribution in [0.15, 0.2) is 0 Å². The van der Waals surface area contributed by atoms with Crippen LogP contribution in [-0.2, 0) is 9.59 Å². The number of likely N-dealkylation sites (tertiary alicyclic amines) is 1. The maximum atomic E-state index is 11.9. The van der Waals surface area contributed by atoms with Crippen LogP contribution in [0.3, 0.4) is 0 Å². The van der Waals surface area contributed by atoms with Gasteiger partial charge in [0.05, 0.1) is 6.54 Å². The summed E-state index contributed by atoms with van der Waals surface area (Å²) in [5.74, 6) is 0.0839. The van der Waals surface area contributed by atoms with Crippen LogP contribution in [0.2, 0.25) is 25.7 Å². The second-order valence-corrected chi connectivity index (χ2v) is 14.2. The molecule has 0 aromatic rings. The van der Waals surface area contributed by atoms with Gasteiger partial charge in [-0.2, -0.15) is 0 Å². The Labute approximate surface area is 153 Å². The molecule has 2 aliphatic rings. The van der Waals surface area contributed by atoms with Crippen molar-refractivity contribution in [1.29, 1.82) is 0 Å². The summed E-state index contributed by atoms with van der Waals surface area (Å²) in [4.78, 5) is 30.1. The third-order valence-electron chi connectivity index (χ3n) is 5.12. The van der Waals surface area contributed by atoms with E-state index in [-0.39, 0.29) is 18.4 Å². The molecule has 25 heavy (non-hydrogen) atoms. The summed E-state index contributed by atoms with van der Waals surface area (Å²) in [6, 6.07) is 1.42. The van der Waals surface area contributed by atoms with Gasteiger partial charge in [0.1, 0.15) is 0 Å². The van der Waals surface area contributed by atoms with Gasteiger partial charge in [0.15, 0.2) is 0 Å². The van der Waals surface area contributed by atoms with Crippen molar-refractivity contribution in [2.45, 2.75) is 44.9 Å². The van der Waals surface area contributed by atoms with E-state index in [1.807, 2.05) is 0 Å². The van der Waals surface area contributed by atoms with Crippen LogP contribution in [0, 0.1) is 0 Å². The van der Waals surface area contributed by atoms with E-state index in [9.17, 15) is 9.59 Å². The fraction of sp³-hybridized carbons (Fsp3) is 0.889. The molecule has 2 fully saturated rings. The highest BCUT2D eigenvalue weighted by Crippen LogP contribution is 2.12. The first kappa shape index (κ1) is 20.4. The van der Waals surface area contributed by atoms with E-state index in [0.29, 0.717) is 13.0 Å². The molecule has 0 aromatic heterocycles. The minimum Gasteiger partial charge on any atom is -0.353 e. The summed E-state index contributed by atoms with van der Waals surface area (Å²) in [5.41, 5.74) is 0. The van der Waals surface area contributed by atoms with Gasteiger partial charge < -0.3 is 15.1 Å². The molecule has 1 N–H and O–H groups in total. The van der Waals surface area contributed by atoms with Crippen molar-refractivity contribution in [3.63, 3.8) is 0 Å². The van der Waals surface area contributed by atoms with Crippen molar-refractivity contribution < 1.29 is 9.59 Å². The third kappa shape index (κ3) is 7.88. The van der Waals surface area contributed by atoms with Crippen LogP contribution in [0.25, 0.3) is 0 Å². The van der Waals surface area contributed by atoms with E-state index in [2.05, 4.69) is 34.8 Å². The van der Waals surface area contributed by atoms with Gasteiger partial charge >= 0.3 is 0 Å². The number of rotatable bonds is 9. The Morgan fingerprint density at radius 2 is 1.68 bits per heavy atom. The van der Waals surface area contributed by atoms with Gasteiger partial charge in [-0.25, -0.2) is 0 Å². The van der Waals surface area contributed by atoms with Gasteiger partial charge in [0, 0.05) is 60.3 Å². The molecule has 0 aromatic carbocycles. The highest BCUT2D eigenvalue weighted by molar-refractivity contribution is 6.76. The molecule has 2 rings (SSSR count). The molecule has 0 saturated carbocycles. The Balaban J connectivity index is 1.52. The van der Waals surface area contributed by atoms with E-state index in [0.717, 1.165) is 45.7 Å². The Morgan fingerprint density at radius 1 is 1.04 bits per heavy atom. The van der Waals surface area contributed by atoms with Gasteiger partial charge in [0.25, 0.3) is 0 Å². The molecule has 2 aliphatic heterocycles. The molecule has 6 nitrogen and oxygen atoms in total. The van der Waals surface area contributed by atoms with Gasteiger partial charge in [0.2, 0.25) is 11.8 Å². The molecule has 144 valence electrons. The average molecular weight is 369 g/mol. The van der Waals surface area contributed by atoms with Crippen molar-refractivity contribution in [2.75, 3.05) is 58.9 Å². The molecular formula is C18H36N4O2Si. The average Bonchev–Trinajstić information content (AvgIpc) is 2.93. The molecule has 2 heterocycles. The smallest absolute Gasteiger partial charge is 0.239 e. The Kier molecular flexibility index (Phi) is 7.90. The molecule has 0 radical (unpaired) electrons. The summed E-state index contributed by atoms with van der Waals surface area (Å²) in [5, 5.41) is 2.96. The SMILES string of the molecule is C[Si](C)(C)CCCN1CCN(CCNC(=O)CN2CCCC2=O)CC1. The maximum absolute atomic E-state index is 11.9. The first-order valence-electron chi connectivity index (χ1n) is 9.83. The number of nitrogens with one attached hydrogen (secondary N) is 1. The van der Waals surface area contributed by atoms with Crippen molar-refractivity contribution in [1.82, 2.24) is 20.0 Å². The maximum Gasteiger partial charge on any atom is 0.239 e. The Bertz CT molecular complexity index is 445. The highest BCUT2D eigenvalue weighted by atomic mass is 28.3. The van der Waals surface area contributed by atoms with Crippen molar-refractivity contribution in [3.05, 3.63) is 0 Å². The van der Waals surface area contributed by atoms with Crippen molar-refractivity contribution >= 4 is 19.9 Å².